The second-order valence-corrected chi connectivity index (χ2v) is 8.58. The van der Waals surface area contributed by atoms with E-state index < -0.39 is 15.8 Å². The number of nitrogens with one attached hydrogen (secondary N) is 1. The van der Waals surface area contributed by atoms with Crippen LogP contribution in [0.25, 0.3) is 11.3 Å². The third-order valence-corrected chi connectivity index (χ3v) is 6.50. The second-order valence-electron chi connectivity index (χ2n) is 5.32. The maximum absolute atomic E-state index is 13.8. The summed E-state index contributed by atoms with van der Waals surface area (Å²) in [5.74, 6) is -0.689. The maximum atomic E-state index is 13.8. The molecule has 0 fully saturated rings. The molecule has 0 aliphatic rings. The molecule has 0 saturated heterocycles. The molecule has 0 unspecified atom stereocenters. The van der Waals surface area contributed by atoms with Crippen LogP contribution in [0.1, 0.15) is 13.3 Å². The Morgan fingerprint density at radius 1 is 1.32 bits per heavy atom. The number of aromatic nitrogens is 2. The minimum absolute atomic E-state index is 0.0890. The zero-order valence-corrected chi connectivity index (χ0v) is 15.6. The van der Waals surface area contributed by atoms with E-state index in [2.05, 4.69) is 9.82 Å². The molecule has 5 nitrogen and oxygen atoms in total. The van der Waals surface area contributed by atoms with E-state index in [1.54, 1.807) is 17.6 Å². The number of benzene rings is 1. The Kier molecular flexibility index (Phi) is 5.12. The molecule has 1 aromatic carbocycles. The summed E-state index contributed by atoms with van der Waals surface area (Å²) in [6.07, 6.45) is 2.59. The minimum atomic E-state index is -3.91. The first kappa shape index (κ1) is 17.9. The van der Waals surface area contributed by atoms with Crippen molar-refractivity contribution in [3.63, 3.8) is 0 Å². The van der Waals surface area contributed by atoms with Crippen LogP contribution in [-0.2, 0) is 16.6 Å². The zero-order chi connectivity index (χ0) is 18.0. The van der Waals surface area contributed by atoms with Crippen LogP contribution < -0.4 is 4.72 Å². The van der Waals surface area contributed by atoms with Crippen LogP contribution in [0.5, 0.6) is 0 Å². The van der Waals surface area contributed by atoms with Gasteiger partial charge in [-0.1, -0.05) is 18.5 Å². The Morgan fingerprint density at radius 2 is 2.12 bits per heavy atom. The Hall–Kier alpha value is -1.90. The molecule has 132 valence electrons. The van der Waals surface area contributed by atoms with Crippen LogP contribution in [0.15, 0.2) is 46.1 Å². The summed E-state index contributed by atoms with van der Waals surface area (Å²) < 4.78 is 43.0. The molecular formula is C16H15ClFN3O2S2. The zero-order valence-electron chi connectivity index (χ0n) is 13.2. The van der Waals surface area contributed by atoms with E-state index in [1.807, 2.05) is 17.7 Å². The molecule has 0 aliphatic heterocycles. The van der Waals surface area contributed by atoms with Gasteiger partial charge in [-0.2, -0.15) is 5.10 Å². The van der Waals surface area contributed by atoms with Crippen LogP contribution in [0.2, 0.25) is 5.02 Å². The van der Waals surface area contributed by atoms with Crippen molar-refractivity contribution in [3.8, 4) is 11.3 Å². The first-order valence-electron chi connectivity index (χ1n) is 7.49. The number of sulfonamides is 1. The van der Waals surface area contributed by atoms with Gasteiger partial charge in [0.25, 0.3) is 10.0 Å². The standard InChI is InChI=1S/C16H15ClFN3O2S2/c1-2-7-21-15(5-6-19-21)11-8-16(24-10-11)25(22,23)20-14-9-12(17)3-4-13(14)18/h3-6,8-10,20H,2,7H2,1H3. The van der Waals surface area contributed by atoms with Gasteiger partial charge in [0, 0.05) is 28.7 Å². The highest BCUT2D eigenvalue weighted by Gasteiger charge is 2.20. The number of nitrogens with zero attached hydrogens (tertiary/aromatic N) is 2. The molecule has 0 saturated carbocycles. The molecule has 9 heteroatoms. The van der Waals surface area contributed by atoms with Crippen molar-refractivity contribution in [1.82, 2.24) is 9.78 Å². The molecule has 3 aromatic rings. The lowest BCUT2D eigenvalue weighted by Gasteiger charge is -2.07. The molecule has 2 aromatic heterocycles. The summed E-state index contributed by atoms with van der Waals surface area (Å²) in [6, 6.07) is 7.09. The van der Waals surface area contributed by atoms with Crippen LogP contribution in [-0.4, -0.2) is 18.2 Å². The first-order valence-corrected chi connectivity index (χ1v) is 10.2. The van der Waals surface area contributed by atoms with Crippen molar-refractivity contribution >= 4 is 38.6 Å². The molecule has 25 heavy (non-hydrogen) atoms. The Morgan fingerprint density at radius 3 is 2.88 bits per heavy atom. The minimum Gasteiger partial charge on any atom is -0.276 e. The topological polar surface area (TPSA) is 64.0 Å². The van der Waals surface area contributed by atoms with Gasteiger partial charge in [-0.15, -0.1) is 11.3 Å². The molecular weight excluding hydrogens is 385 g/mol. The first-order chi connectivity index (χ1) is 11.9. The third-order valence-electron chi connectivity index (χ3n) is 3.46. The van der Waals surface area contributed by atoms with E-state index in [9.17, 15) is 12.8 Å². The van der Waals surface area contributed by atoms with E-state index in [4.69, 9.17) is 11.6 Å². The average Bonchev–Trinajstić information content (AvgIpc) is 3.20. The van der Waals surface area contributed by atoms with Gasteiger partial charge in [-0.3, -0.25) is 9.40 Å². The van der Waals surface area contributed by atoms with Crippen molar-refractivity contribution < 1.29 is 12.8 Å². The Labute approximate surface area is 154 Å². The number of thiophene rings is 1. The van der Waals surface area contributed by atoms with Gasteiger partial charge < -0.3 is 0 Å². The van der Waals surface area contributed by atoms with E-state index >= 15 is 0 Å². The molecule has 1 N–H and O–H groups in total. The highest BCUT2D eigenvalue weighted by atomic mass is 35.5. The molecule has 0 spiro atoms. The molecule has 0 atom stereocenters. The average molecular weight is 400 g/mol. The Balaban J connectivity index is 1.90. The lowest BCUT2D eigenvalue weighted by molar-refractivity contribution is 0.600. The molecule has 0 bridgehead atoms. The molecule has 0 radical (unpaired) electrons. The lowest BCUT2D eigenvalue weighted by atomic mass is 10.2. The van der Waals surface area contributed by atoms with Crippen molar-refractivity contribution in [2.75, 3.05) is 4.72 Å². The molecule has 3 rings (SSSR count). The number of hydrogen-bond acceptors (Lipinski definition) is 4. The van der Waals surface area contributed by atoms with Gasteiger partial charge >= 0.3 is 0 Å². The van der Waals surface area contributed by atoms with Crippen molar-refractivity contribution in [3.05, 3.63) is 52.7 Å². The SMILES string of the molecule is CCCn1nccc1-c1csc(S(=O)(=O)Nc2cc(Cl)ccc2F)c1. The molecule has 0 amide bonds. The summed E-state index contributed by atoms with van der Waals surface area (Å²) in [7, 11) is -3.91. The normalized spacial score (nSPS) is 11.6. The summed E-state index contributed by atoms with van der Waals surface area (Å²) in [6.45, 7) is 2.78. The van der Waals surface area contributed by atoms with Gasteiger partial charge in [-0.25, -0.2) is 12.8 Å². The summed E-state index contributed by atoms with van der Waals surface area (Å²) in [4.78, 5) is 0. The second kappa shape index (κ2) is 7.15. The van der Waals surface area contributed by atoms with Crippen LogP contribution in [0.4, 0.5) is 10.1 Å². The fourth-order valence-corrected chi connectivity index (χ4v) is 4.73. The van der Waals surface area contributed by atoms with E-state index in [-0.39, 0.29) is 14.9 Å². The van der Waals surface area contributed by atoms with E-state index in [0.29, 0.717) is 0 Å². The smallest absolute Gasteiger partial charge is 0.271 e. The monoisotopic (exact) mass is 399 g/mol. The Bertz CT molecular complexity index is 998. The van der Waals surface area contributed by atoms with Crippen molar-refractivity contribution in [2.45, 2.75) is 24.1 Å². The van der Waals surface area contributed by atoms with Gasteiger partial charge in [0.15, 0.2) is 0 Å². The molecule has 2 heterocycles. The van der Waals surface area contributed by atoms with E-state index in [0.717, 1.165) is 41.6 Å². The third kappa shape index (κ3) is 3.86. The van der Waals surface area contributed by atoms with Crippen LogP contribution >= 0.6 is 22.9 Å². The highest BCUT2D eigenvalue weighted by Crippen LogP contribution is 2.30. The van der Waals surface area contributed by atoms with Crippen LogP contribution in [0.3, 0.4) is 0 Å². The number of hydrogen-bond donors (Lipinski definition) is 1. The van der Waals surface area contributed by atoms with Gasteiger partial charge in [-0.05, 0) is 36.8 Å². The van der Waals surface area contributed by atoms with Gasteiger partial charge in [0.1, 0.15) is 10.0 Å². The van der Waals surface area contributed by atoms with Crippen LogP contribution in [0, 0.1) is 5.82 Å². The summed E-state index contributed by atoms with van der Waals surface area (Å²) in [5, 5.41) is 6.22. The van der Waals surface area contributed by atoms with Gasteiger partial charge in [0.2, 0.25) is 0 Å². The molecule has 0 aliphatic carbocycles. The number of anilines is 1. The predicted octanol–water partition coefficient (Wildman–Crippen LogP) is 4.61. The van der Waals surface area contributed by atoms with E-state index in [1.165, 1.54) is 12.1 Å². The quantitative estimate of drug-likeness (QED) is 0.658. The van der Waals surface area contributed by atoms with Crippen molar-refractivity contribution in [1.29, 1.82) is 0 Å². The van der Waals surface area contributed by atoms with Crippen molar-refractivity contribution in [2.24, 2.45) is 0 Å². The van der Waals surface area contributed by atoms with Gasteiger partial charge in [0.05, 0.1) is 11.4 Å². The summed E-state index contributed by atoms with van der Waals surface area (Å²) >= 11 is 6.87. The fourth-order valence-electron chi connectivity index (χ4n) is 2.33. The highest BCUT2D eigenvalue weighted by molar-refractivity contribution is 7.94. The number of aryl methyl sites for hydroxylation is 1. The maximum Gasteiger partial charge on any atom is 0.271 e. The largest absolute Gasteiger partial charge is 0.276 e. The number of halogens is 2. The number of rotatable bonds is 6. The lowest BCUT2D eigenvalue weighted by Crippen LogP contribution is -2.12. The summed E-state index contributed by atoms with van der Waals surface area (Å²) in [5.41, 5.74) is 1.41. The fraction of sp³-hybridized carbons (Fsp3) is 0.188. The predicted molar refractivity (Wildman–Crippen MR) is 98.0 cm³/mol.